The first kappa shape index (κ1) is 13.4. The molecule has 2 heterocycles. The van der Waals surface area contributed by atoms with Crippen molar-refractivity contribution in [3.05, 3.63) is 36.0 Å². The molecule has 1 saturated heterocycles. The molecule has 1 aliphatic rings. The summed E-state index contributed by atoms with van der Waals surface area (Å²) >= 11 is 0. The Kier molecular flexibility index (Phi) is 4.16. The van der Waals surface area contributed by atoms with Crippen LogP contribution in [0, 0.1) is 0 Å². The predicted molar refractivity (Wildman–Crippen MR) is 84.5 cm³/mol. The number of benzene rings is 1. The van der Waals surface area contributed by atoms with Gasteiger partial charge in [0.2, 0.25) is 0 Å². The van der Waals surface area contributed by atoms with Crippen LogP contribution in [-0.4, -0.2) is 23.0 Å². The van der Waals surface area contributed by atoms with Crippen molar-refractivity contribution in [2.75, 3.05) is 18.8 Å². The quantitative estimate of drug-likeness (QED) is 0.847. The van der Waals surface area contributed by atoms with E-state index in [2.05, 4.69) is 22.0 Å². The summed E-state index contributed by atoms with van der Waals surface area (Å²) in [7, 11) is 0. The largest absolute Gasteiger partial charge is 0.398 e. The highest BCUT2D eigenvalue weighted by Crippen LogP contribution is 2.24. The summed E-state index contributed by atoms with van der Waals surface area (Å²) in [5.74, 6) is 0. The first-order valence-electron chi connectivity index (χ1n) is 7.69. The maximum absolute atomic E-state index is 6.05. The molecule has 0 atom stereocenters. The van der Waals surface area contributed by atoms with E-state index in [9.17, 15) is 0 Å². The van der Waals surface area contributed by atoms with Crippen molar-refractivity contribution in [2.45, 2.75) is 38.6 Å². The second-order valence-electron chi connectivity index (χ2n) is 5.76. The highest BCUT2D eigenvalue weighted by Gasteiger charge is 2.11. The third-order valence-electron chi connectivity index (χ3n) is 4.23. The fourth-order valence-corrected chi connectivity index (χ4v) is 3.09. The third-order valence-corrected chi connectivity index (χ3v) is 4.23. The molecule has 3 nitrogen and oxygen atoms in total. The van der Waals surface area contributed by atoms with Crippen LogP contribution in [0.2, 0.25) is 0 Å². The van der Waals surface area contributed by atoms with Crippen LogP contribution in [0.5, 0.6) is 0 Å². The van der Waals surface area contributed by atoms with E-state index < -0.39 is 0 Å². The summed E-state index contributed by atoms with van der Waals surface area (Å²) in [6, 6.07) is 8.18. The summed E-state index contributed by atoms with van der Waals surface area (Å²) < 4.78 is 0. The molecule has 0 spiro atoms. The van der Waals surface area contributed by atoms with Crippen molar-refractivity contribution in [3.63, 3.8) is 0 Å². The van der Waals surface area contributed by atoms with Gasteiger partial charge in [0.1, 0.15) is 0 Å². The van der Waals surface area contributed by atoms with E-state index in [-0.39, 0.29) is 0 Å². The first-order chi connectivity index (χ1) is 9.84. The Balaban J connectivity index is 1.84. The zero-order valence-corrected chi connectivity index (χ0v) is 12.0. The van der Waals surface area contributed by atoms with Crippen molar-refractivity contribution in [1.82, 2.24) is 9.88 Å². The van der Waals surface area contributed by atoms with Gasteiger partial charge in [-0.3, -0.25) is 9.88 Å². The second-order valence-corrected chi connectivity index (χ2v) is 5.76. The monoisotopic (exact) mass is 269 g/mol. The molecular formula is C17H23N3. The molecule has 0 aliphatic carbocycles. The van der Waals surface area contributed by atoms with Crippen LogP contribution in [0.3, 0.4) is 0 Å². The molecule has 1 aliphatic heterocycles. The summed E-state index contributed by atoms with van der Waals surface area (Å²) in [6.07, 6.45) is 8.65. The van der Waals surface area contributed by atoms with Gasteiger partial charge in [-0.1, -0.05) is 25.3 Å². The number of aromatic nitrogens is 1. The number of hydrogen-bond donors (Lipinski definition) is 1. The van der Waals surface area contributed by atoms with E-state index >= 15 is 0 Å². The fraction of sp³-hybridized carbons (Fsp3) is 0.471. The van der Waals surface area contributed by atoms with Crippen LogP contribution >= 0.6 is 0 Å². The molecular weight excluding hydrogens is 246 g/mol. The molecule has 2 aromatic rings. The highest BCUT2D eigenvalue weighted by molar-refractivity contribution is 5.92. The molecule has 0 unspecified atom stereocenters. The predicted octanol–water partition coefficient (Wildman–Crippen LogP) is 3.58. The second kappa shape index (κ2) is 6.23. The van der Waals surface area contributed by atoms with Crippen molar-refractivity contribution in [1.29, 1.82) is 0 Å². The summed E-state index contributed by atoms with van der Waals surface area (Å²) in [5.41, 5.74) is 9.24. The molecule has 0 bridgehead atoms. The number of nitrogens with zero attached hydrogens (tertiary/aromatic N) is 2. The Labute approximate surface area is 120 Å². The Hall–Kier alpha value is -1.61. The van der Waals surface area contributed by atoms with Gasteiger partial charge in [-0.05, 0) is 49.7 Å². The molecule has 0 saturated carbocycles. The number of hydrogen-bond acceptors (Lipinski definition) is 3. The van der Waals surface area contributed by atoms with Crippen LogP contribution in [0.15, 0.2) is 30.5 Å². The Morgan fingerprint density at radius 2 is 1.75 bits per heavy atom. The lowest BCUT2D eigenvalue weighted by molar-refractivity contribution is 0.240. The van der Waals surface area contributed by atoms with Gasteiger partial charge >= 0.3 is 0 Å². The molecule has 3 heteroatoms. The number of nitrogen functional groups attached to an aromatic ring is 1. The number of pyridine rings is 1. The maximum atomic E-state index is 6.05. The van der Waals surface area contributed by atoms with Crippen LogP contribution < -0.4 is 5.73 Å². The number of likely N-dealkylation sites (tertiary alicyclic amines) is 1. The van der Waals surface area contributed by atoms with E-state index in [1.807, 2.05) is 18.3 Å². The van der Waals surface area contributed by atoms with Crippen molar-refractivity contribution >= 4 is 16.6 Å². The lowest BCUT2D eigenvalue weighted by Gasteiger charge is -2.25. The van der Waals surface area contributed by atoms with Gasteiger partial charge in [0.05, 0.1) is 5.52 Å². The third kappa shape index (κ3) is 2.93. The average Bonchev–Trinajstić information content (AvgIpc) is 2.44. The van der Waals surface area contributed by atoms with Crippen molar-refractivity contribution in [3.8, 4) is 0 Å². The van der Waals surface area contributed by atoms with Crippen LogP contribution in [-0.2, 0) is 6.54 Å². The Morgan fingerprint density at radius 1 is 1.00 bits per heavy atom. The van der Waals surface area contributed by atoms with E-state index in [4.69, 9.17) is 5.73 Å². The number of nitrogens with two attached hydrogens (primary N) is 1. The normalized spacial score (nSPS) is 17.8. The number of anilines is 1. The molecule has 1 aromatic carbocycles. The molecule has 3 rings (SSSR count). The van der Waals surface area contributed by atoms with E-state index in [1.54, 1.807) is 0 Å². The molecule has 2 N–H and O–H groups in total. The fourth-order valence-electron chi connectivity index (χ4n) is 3.09. The topological polar surface area (TPSA) is 42.1 Å². The van der Waals surface area contributed by atoms with Gasteiger partial charge in [0, 0.05) is 23.8 Å². The van der Waals surface area contributed by atoms with Crippen molar-refractivity contribution in [2.24, 2.45) is 0 Å². The summed E-state index contributed by atoms with van der Waals surface area (Å²) in [6.45, 7) is 3.41. The smallest absolute Gasteiger partial charge is 0.0767 e. The van der Waals surface area contributed by atoms with Gasteiger partial charge in [-0.25, -0.2) is 0 Å². The van der Waals surface area contributed by atoms with E-state index in [0.29, 0.717) is 0 Å². The van der Waals surface area contributed by atoms with Crippen LogP contribution in [0.25, 0.3) is 10.9 Å². The standard InChI is InChI=1S/C17H23N3/c18-16-9-8-14(17-15(16)7-6-10-19-17)13-20-11-4-2-1-3-5-12-20/h6-10H,1-5,11-13,18H2. The molecule has 1 fully saturated rings. The summed E-state index contributed by atoms with van der Waals surface area (Å²) in [5, 5.41) is 1.08. The maximum Gasteiger partial charge on any atom is 0.0767 e. The van der Waals surface area contributed by atoms with Crippen molar-refractivity contribution < 1.29 is 0 Å². The first-order valence-corrected chi connectivity index (χ1v) is 7.69. The number of rotatable bonds is 2. The Morgan fingerprint density at radius 3 is 2.55 bits per heavy atom. The van der Waals surface area contributed by atoms with Crippen LogP contribution in [0.1, 0.15) is 37.7 Å². The van der Waals surface area contributed by atoms with Gasteiger partial charge in [-0.15, -0.1) is 0 Å². The summed E-state index contributed by atoms with van der Waals surface area (Å²) in [4.78, 5) is 7.11. The minimum Gasteiger partial charge on any atom is -0.398 e. The highest BCUT2D eigenvalue weighted by atomic mass is 15.1. The zero-order valence-electron chi connectivity index (χ0n) is 12.0. The molecule has 106 valence electrons. The molecule has 0 radical (unpaired) electrons. The average molecular weight is 269 g/mol. The van der Waals surface area contributed by atoms with Crippen LogP contribution in [0.4, 0.5) is 5.69 Å². The lowest BCUT2D eigenvalue weighted by Crippen LogP contribution is -2.27. The van der Waals surface area contributed by atoms with E-state index in [0.717, 1.165) is 23.1 Å². The van der Waals surface area contributed by atoms with Gasteiger partial charge in [0.15, 0.2) is 0 Å². The van der Waals surface area contributed by atoms with Gasteiger partial charge < -0.3 is 5.73 Å². The molecule has 0 amide bonds. The minimum absolute atomic E-state index is 0.824. The number of fused-ring (bicyclic) bond motifs is 1. The van der Waals surface area contributed by atoms with E-state index in [1.165, 1.54) is 50.8 Å². The SMILES string of the molecule is Nc1ccc(CN2CCCCCCC2)c2ncccc12. The lowest BCUT2D eigenvalue weighted by atomic mass is 10.1. The van der Waals surface area contributed by atoms with Gasteiger partial charge in [-0.2, -0.15) is 0 Å². The molecule has 1 aromatic heterocycles. The zero-order chi connectivity index (χ0) is 13.8. The minimum atomic E-state index is 0.824. The molecule has 20 heavy (non-hydrogen) atoms. The Bertz CT molecular complexity index is 571. The van der Waals surface area contributed by atoms with Gasteiger partial charge in [0.25, 0.3) is 0 Å².